The van der Waals surface area contributed by atoms with Gasteiger partial charge in [-0.1, -0.05) is 41.6 Å². The molecule has 4 rings (SSSR count). The van der Waals surface area contributed by atoms with Crippen LogP contribution in [0.1, 0.15) is 41.0 Å². The first-order chi connectivity index (χ1) is 11.6. The number of fused-ring (bicyclic) bond motifs is 3. The average molecular weight is 377 g/mol. The second-order valence-electron chi connectivity index (χ2n) is 6.04. The normalized spacial score (nSPS) is 15.4. The highest BCUT2D eigenvalue weighted by Crippen LogP contribution is 2.38. The van der Waals surface area contributed by atoms with Gasteiger partial charge in [0.25, 0.3) is 5.56 Å². The maximum atomic E-state index is 12.6. The number of benzene rings is 1. The van der Waals surface area contributed by atoms with Crippen molar-refractivity contribution in [1.82, 2.24) is 9.97 Å². The molecule has 1 aliphatic carbocycles. The molecule has 0 fully saturated rings. The van der Waals surface area contributed by atoms with Crippen LogP contribution in [0, 0.1) is 0 Å². The highest BCUT2D eigenvalue weighted by Gasteiger charge is 2.20. The van der Waals surface area contributed by atoms with Crippen LogP contribution in [0.15, 0.2) is 34.2 Å². The molecule has 0 saturated carbocycles. The SMILES string of the molecule is C[C@H](Sc1nc2sc3c(c2c(=O)[nH]1)CCCC3)c1ccccc1Cl. The van der Waals surface area contributed by atoms with Crippen molar-refractivity contribution in [3.05, 3.63) is 55.6 Å². The molecule has 24 heavy (non-hydrogen) atoms. The molecule has 1 atom stereocenters. The summed E-state index contributed by atoms with van der Waals surface area (Å²) in [5.41, 5.74) is 2.27. The summed E-state index contributed by atoms with van der Waals surface area (Å²) in [5.74, 6) is 0. The molecule has 1 aromatic carbocycles. The van der Waals surface area contributed by atoms with Gasteiger partial charge in [-0.25, -0.2) is 4.98 Å². The minimum Gasteiger partial charge on any atom is -0.301 e. The van der Waals surface area contributed by atoms with E-state index in [0.29, 0.717) is 5.16 Å². The van der Waals surface area contributed by atoms with E-state index in [2.05, 4.69) is 11.9 Å². The summed E-state index contributed by atoms with van der Waals surface area (Å²) in [6, 6.07) is 7.80. The predicted octanol–water partition coefficient (Wildman–Crippen LogP) is 5.37. The molecule has 3 aromatic rings. The zero-order valence-electron chi connectivity index (χ0n) is 13.3. The third-order valence-electron chi connectivity index (χ3n) is 4.43. The fourth-order valence-corrected chi connectivity index (χ4v) is 5.88. The van der Waals surface area contributed by atoms with Gasteiger partial charge in [0.1, 0.15) is 4.83 Å². The minimum absolute atomic E-state index is 0.00624. The molecule has 0 unspecified atom stereocenters. The number of halogens is 1. The van der Waals surface area contributed by atoms with E-state index in [0.717, 1.165) is 40.1 Å². The largest absolute Gasteiger partial charge is 0.301 e. The molecule has 6 heteroatoms. The molecule has 0 amide bonds. The maximum absolute atomic E-state index is 12.6. The zero-order chi connectivity index (χ0) is 16.7. The number of nitrogens with zero attached hydrogens (tertiary/aromatic N) is 1. The molecular weight excluding hydrogens is 360 g/mol. The second kappa shape index (κ2) is 6.54. The van der Waals surface area contributed by atoms with E-state index in [1.54, 1.807) is 23.1 Å². The van der Waals surface area contributed by atoms with Gasteiger partial charge in [-0.3, -0.25) is 4.79 Å². The monoisotopic (exact) mass is 376 g/mol. The van der Waals surface area contributed by atoms with Crippen molar-refractivity contribution in [3.8, 4) is 0 Å². The second-order valence-corrected chi connectivity index (χ2v) is 8.86. The number of hydrogen-bond donors (Lipinski definition) is 1. The van der Waals surface area contributed by atoms with Gasteiger partial charge in [-0.15, -0.1) is 11.3 Å². The molecule has 2 aromatic heterocycles. The van der Waals surface area contributed by atoms with E-state index in [-0.39, 0.29) is 10.8 Å². The van der Waals surface area contributed by atoms with Gasteiger partial charge in [0.2, 0.25) is 0 Å². The number of nitrogens with one attached hydrogen (secondary N) is 1. The summed E-state index contributed by atoms with van der Waals surface area (Å²) in [7, 11) is 0. The first kappa shape index (κ1) is 16.2. The Morgan fingerprint density at radius 3 is 2.92 bits per heavy atom. The number of aryl methyl sites for hydroxylation is 2. The van der Waals surface area contributed by atoms with Crippen LogP contribution in [0.5, 0.6) is 0 Å². The van der Waals surface area contributed by atoms with Gasteiger partial charge >= 0.3 is 0 Å². The van der Waals surface area contributed by atoms with Crippen molar-refractivity contribution in [2.45, 2.75) is 43.0 Å². The van der Waals surface area contributed by atoms with Crippen molar-refractivity contribution < 1.29 is 0 Å². The summed E-state index contributed by atoms with van der Waals surface area (Å²) in [6.45, 7) is 2.08. The van der Waals surface area contributed by atoms with E-state index in [1.165, 1.54) is 16.9 Å². The standard InChI is InChI=1S/C18H17ClN2OS2/c1-10(11-6-2-4-8-13(11)19)23-18-20-16(22)15-12-7-3-5-9-14(12)24-17(15)21-18/h2,4,6,8,10H,3,5,7,9H2,1H3,(H,20,21,22)/t10-/m0/s1. The summed E-state index contributed by atoms with van der Waals surface area (Å²) in [6.07, 6.45) is 4.46. The van der Waals surface area contributed by atoms with Crippen LogP contribution >= 0.6 is 34.7 Å². The summed E-state index contributed by atoms with van der Waals surface area (Å²) < 4.78 is 0. The molecule has 0 saturated heterocycles. The lowest BCUT2D eigenvalue weighted by molar-refractivity contribution is 0.700. The molecule has 2 heterocycles. The molecule has 0 bridgehead atoms. The molecule has 0 spiro atoms. The van der Waals surface area contributed by atoms with E-state index in [1.807, 2.05) is 24.3 Å². The Morgan fingerprint density at radius 1 is 1.29 bits per heavy atom. The molecule has 0 radical (unpaired) electrons. The minimum atomic E-state index is -0.00624. The lowest BCUT2D eigenvalue weighted by Crippen LogP contribution is -2.11. The van der Waals surface area contributed by atoms with Crippen LogP contribution in [0.4, 0.5) is 0 Å². The Labute approximate surface area is 153 Å². The van der Waals surface area contributed by atoms with E-state index >= 15 is 0 Å². The Bertz CT molecular complexity index is 963. The third-order valence-corrected chi connectivity index (χ3v) is 6.99. The van der Waals surface area contributed by atoms with Crippen LogP contribution in [-0.4, -0.2) is 9.97 Å². The average Bonchev–Trinajstić information content (AvgIpc) is 2.93. The quantitative estimate of drug-likeness (QED) is 0.493. The summed E-state index contributed by atoms with van der Waals surface area (Å²) >= 11 is 9.50. The summed E-state index contributed by atoms with van der Waals surface area (Å²) in [5, 5.41) is 2.34. The lowest BCUT2D eigenvalue weighted by Gasteiger charge is -2.12. The van der Waals surface area contributed by atoms with Gasteiger partial charge in [0.05, 0.1) is 5.39 Å². The molecule has 3 nitrogen and oxygen atoms in total. The van der Waals surface area contributed by atoms with Gasteiger partial charge in [-0.05, 0) is 49.8 Å². The maximum Gasteiger partial charge on any atom is 0.260 e. The van der Waals surface area contributed by atoms with Crippen LogP contribution in [0.3, 0.4) is 0 Å². The topological polar surface area (TPSA) is 45.8 Å². The van der Waals surface area contributed by atoms with E-state index in [9.17, 15) is 4.79 Å². The van der Waals surface area contributed by atoms with Crippen LogP contribution < -0.4 is 5.56 Å². The lowest BCUT2D eigenvalue weighted by atomic mass is 9.97. The third kappa shape index (κ3) is 2.89. The molecule has 1 aliphatic rings. The van der Waals surface area contributed by atoms with Gasteiger partial charge in [0, 0.05) is 15.1 Å². The van der Waals surface area contributed by atoms with Crippen molar-refractivity contribution in [1.29, 1.82) is 0 Å². The number of aromatic amines is 1. The number of rotatable bonds is 3. The molecule has 0 aliphatic heterocycles. The smallest absolute Gasteiger partial charge is 0.260 e. The van der Waals surface area contributed by atoms with Crippen LogP contribution in [0.2, 0.25) is 5.02 Å². The van der Waals surface area contributed by atoms with Crippen molar-refractivity contribution in [2.75, 3.05) is 0 Å². The number of thioether (sulfide) groups is 1. The van der Waals surface area contributed by atoms with Crippen LogP contribution in [-0.2, 0) is 12.8 Å². The Balaban J connectivity index is 1.71. The van der Waals surface area contributed by atoms with E-state index < -0.39 is 0 Å². The Morgan fingerprint density at radius 2 is 2.08 bits per heavy atom. The van der Waals surface area contributed by atoms with E-state index in [4.69, 9.17) is 16.6 Å². The molecule has 1 N–H and O–H groups in total. The Hall–Kier alpha value is -1.30. The first-order valence-electron chi connectivity index (χ1n) is 8.09. The fourth-order valence-electron chi connectivity index (χ4n) is 3.24. The van der Waals surface area contributed by atoms with Gasteiger partial charge < -0.3 is 4.98 Å². The van der Waals surface area contributed by atoms with Crippen LogP contribution in [0.25, 0.3) is 10.2 Å². The number of hydrogen-bond acceptors (Lipinski definition) is 4. The zero-order valence-corrected chi connectivity index (χ0v) is 15.7. The number of aromatic nitrogens is 2. The van der Waals surface area contributed by atoms with Gasteiger partial charge in [0.15, 0.2) is 5.16 Å². The van der Waals surface area contributed by atoms with Crippen molar-refractivity contribution in [2.24, 2.45) is 0 Å². The van der Waals surface area contributed by atoms with Crippen molar-refractivity contribution in [3.63, 3.8) is 0 Å². The van der Waals surface area contributed by atoms with Crippen molar-refractivity contribution >= 4 is 44.9 Å². The Kier molecular flexibility index (Phi) is 4.41. The fraction of sp³-hybridized carbons (Fsp3) is 0.333. The number of thiophene rings is 1. The molecular formula is C18H17ClN2OS2. The highest BCUT2D eigenvalue weighted by molar-refractivity contribution is 7.99. The highest BCUT2D eigenvalue weighted by atomic mass is 35.5. The van der Waals surface area contributed by atoms with Gasteiger partial charge in [-0.2, -0.15) is 0 Å². The first-order valence-corrected chi connectivity index (χ1v) is 10.2. The predicted molar refractivity (Wildman–Crippen MR) is 103 cm³/mol. The summed E-state index contributed by atoms with van der Waals surface area (Å²) in [4.78, 5) is 22.5. The molecule has 124 valence electrons. The number of H-pyrrole nitrogens is 1.